The third-order valence-electron chi connectivity index (χ3n) is 0. The second-order valence-electron chi connectivity index (χ2n) is 0. The quantitative estimate of drug-likeness (QED) is 0.163. The Labute approximate surface area is 410 Å². The number of rotatable bonds is 0. The molecule has 0 amide bonds. The van der Waals surface area contributed by atoms with Crippen molar-refractivity contribution in [2.24, 2.45) is 0 Å². The van der Waals surface area contributed by atoms with Crippen LogP contribution in [0.1, 0.15) is 4.28 Å². The second kappa shape index (κ2) is 9630. The maximum Gasteiger partial charge on any atom is 1.00 e. The Morgan fingerprint density at radius 2 is 0.214 bits per heavy atom. The molecule has 0 aliphatic heterocycles. The fourth-order valence-corrected chi connectivity index (χ4v) is 0. The topological polar surface area (TPSA) is 475 Å². The molecule has 42 heavy (non-hydrogen) atoms. The fraction of sp³-hybridized carbons (Fsp3) is 0. The molecule has 0 heterocycles. The fourth-order valence-electron chi connectivity index (χ4n) is 0. The summed E-state index contributed by atoms with van der Waals surface area (Å²) in [7, 11) is 0. The van der Waals surface area contributed by atoms with Gasteiger partial charge in [0.25, 0.3) is 0 Å². The summed E-state index contributed by atoms with van der Waals surface area (Å²) in [5, 5.41) is 93.8. The van der Waals surface area contributed by atoms with Gasteiger partial charge in [0.2, 0.25) is 0 Å². The van der Waals surface area contributed by atoms with Crippen LogP contribution in [-0.2, 0) is 51.2 Å². The zero-order valence-corrected chi connectivity index (χ0v) is 33.8. The van der Waals surface area contributed by atoms with Crippen molar-refractivity contribution < 1.29 is 210 Å². The minimum Gasteiger partial charge on any atom is -1.00 e. The minimum atomic E-state index is 0. The van der Waals surface area contributed by atoms with E-state index in [0.29, 0.717) is 0 Å². The Morgan fingerprint density at radius 1 is 0.214 bits per heavy atom. The molecular weight excluding hydrogens is 762 g/mol. The number of nitrogens with zero attached hydrogens (tertiary/aromatic N) is 18. The van der Waals surface area contributed by atoms with Gasteiger partial charge in [-0.2, -0.15) is 0 Å². The average Bonchev–Trinajstić information content (AvgIpc) is 3.13. The van der Waals surface area contributed by atoms with E-state index in [-0.39, 0.29) is 210 Å². The first kappa shape index (κ1) is 242. The normalized spacial score (nSPS) is 1.00. The molecule has 0 bridgehead atoms. The van der Waals surface area contributed by atoms with Crippen LogP contribution in [-0.4, -0.2) is 0 Å². The van der Waals surface area contributed by atoms with Crippen LogP contribution in [0.15, 0.2) is 0 Å². The Balaban J connectivity index is -0.00000000301. The van der Waals surface area contributed by atoms with E-state index >= 15 is 0 Å². The molecule has 0 saturated carbocycles. The van der Waals surface area contributed by atoms with E-state index in [9.17, 15) is 0 Å². The van der Waals surface area contributed by atoms with Gasteiger partial charge in [0.05, 0.1) is 0 Å². The summed E-state index contributed by atoms with van der Waals surface area (Å²) in [6, 6.07) is 0. The van der Waals surface area contributed by atoms with Crippen molar-refractivity contribution in [2.75, 3.05) is 0 Å². The average molecular weight is 765 g/mol. The molecule has 0 saturated heterocycles. The molecule has 0 atom stereocenters. The first-order valence-electron chi connectivity index (χ1n) is 3.90. The van der Waals surface area contributed by atoms with Crippen LogP contribution >= 0.6 is 0 Å². The van der Waals surface area contributed by atoms with Crippen LogP contribution in [0, 0.1) is 192 Å². The van der Waals surface area contributed by atoms with Crippen molar-refractivity contribution in [1.29, 1.82) is 78.9 Å². The summed E-state index contributed by atoms with van der Waals surface area (Å²) in [6.07, 6.45) is 0. The zero-order valence-electron chi connectivity index (χ0n) is 23.9. The number of hydrogen-bond donors (Lipinski definition) is 0. The smallest absolute Gasteiger partial charge is 1.00 e. The molecule has 0 N–H and O–H groups in total. The van der Waals surface area contributed by atoms with E-state index in [1.807, 2.05) is 0 Å². The van der Waals surface area contributed by atoms with E-state index in [2.05, 4.69) is 0 Å². The van der Waals surface area contributed by atoms with Gasteiger partial charge in [0.1, 0.15) is 0 Å². The predicted molar refractivity (Wildman–Crippen MR) is 98.0 cm³/mol. The van der Waals surface area contributed by atoms with Crippen LogP contribution < -0.4 is 154 Å². The van der Waals surface area contributed by atoms with Crippen molar-refractivity contribution in [3.05, 3.63) is 130 Å². The van der Waals surface area contributed by atoms with Gasteiger partial charge in [-0.1, -0.05) is 0 Å². The van der Waals surface area contributed by atoms with Gasteiger partial charge in [0, 0.05) is 51.2 Å². The van der Waals surface area contributed by atoms with Crippen LogP contribution in [0.2, 0.25) is 0 Å². The SMILES string of the molecule is [C-]#N.[C-]#N.[C-]#N.[C-]#N.[C-]#N.[C-]#N.[C-]#N.[C-]#N.[C-]#N.[C-]#N.[C-]#N.[C-]#N.[C-]#N.[C-]#N.[C-]#N.[H-].[H-].[H-].[K+].[K+].[K+].[Mn].[Mn].[Mn].[N-]=O.[N-]=O.[N-]=O. The van der Waals surface area contributed by atoms with Crippen molar-refractivity contribution in [1.82, 2.24) is 0 Å². The van der Waals surface area contributed by atoms with Gasteiger partial charge in [-0.3, -0.25) is 0 Å². The minimum absolute atomic E-state index is 0. The molecule has 0 aliphatic rings. The van der Waals surface area contributed by atoms with Crippen molar-refractivity contribution in [2.45, 2.75) is 0 Å². The molecule has 0 aromatic heterocycles. The van der Waals surface area contributed by atoms with Crippen molar-refractivity contribution in [3.63, 3.8) is 0 Å². The van der Waals surface area contributed by atoms with E-state index in [0.717, 1.165) is 0 Å². The molecule has 0 aromatic rings. The Kier molecular flexibility index (Phi) is 55500. The van der Waals surface area contributed by atoms with Gasteiger partial charge < -0.3 is 213 Å². The molecule has 0 aliphatic carbocycles. The maximum absolute atomic E-state index is 7.25. The summed E-state index contributed by atoms with van der Waals surface area (Å²) in [5.41, 5.74) is 17.2. The Hall–Kier alpha value is -2.38. The molecule has 21 nitrogen and oxygen atoms in total. The number of nitroso groups, excluding NO2 is 3. The largest absolute Gasteiger partial charge is 1.00 e. The molecule has 0 rings (SSSR count). The van der Waals surface area contributed by atoms with Crippen LogP contribution in [0.25, 0.3) is 16.8 Å². The Bertz CT molecular complexity index is 379. The maximum atomic E-state index is 7.25. The molecule has 0 fully saturated rings. The van der Waals surface area contributed by atoms with Crippen LogP contribution in [0.5, 0.6) is 0 Å². The van der Waals surface area contributed by atoms with E-state index in [1.54, 1.807) is 0 Å². The van der Waals surface area contributed by atoms with Crippen LogP contribution in [0.4, 0.5) is 0 Å². The first-order valence-corrected chi connectivity index (χ1v) is 3.90. The van der Waals surface area contributed by atoms with Gasteiger partial charge >= 0.3 is 154 Å². The predicted octanol–water partition coefficient (Wildman–Crippen LogP) is -6.25. The van der Waals surface area contributed by atoms with Gasteiger partial charge in [0.15, 0.2) is 0 Å². The summed E-state index contributed by atoms with van der Waals surface area (Å²) < 4.78 is 0. The molecule has 0 aromatic carbocycles. The van der Waals surface area contributed by atoms with E-state index in [1.165, 1.54) is 0 Å². The van der Waals surface area contributed by atoms with Gasteiger partial charge in [-0.05, 0) is 0 Å². The second-order valence-corrected chi connectivity index (χ2v) is 0. The van der Waals surface area contributed by atoms with Gasteiger partial charge in [-0.25, -0.2) is 0 Å². The van der Waals surface area contributed by atoms with Crippen molar-refractivity contribution in [3.8, 4) is 0 Å². The van der Waals surface area contributed by atoms with Gasteiger partial charge in [-0.15, -0.1) is 0 Å². The Morgan fingerprint density at radius 3 is 0.214 bits per heavy atom. The van der Waals surface area contributed by atoms with Crippen molar-refractivity contribution >= 4 is 0 Å². The molecule has 3 radical (unpaired) electrons. The summed E-state index contributed by atoms with van der Waals surface area (Å²) in [5.74, 6) is 0. The molecule has 213 valence electrons. The zero-order chi connectivity index (χ0) is 36.0. The standard InChI is InChI=1S/15CN.3K.3Mn.3NO.3H/c15*1-2;;;;;;;3*1-2;;;/q15*-1;3*+1;;;;6*-1. The molecule has 0 spiro atoms. The van der Waals surface area contributed by atoms with E-state index < -0.39 is 0 Å². The number of hydrogen-bond acceptors (Lipinski definition) is 18. The molecular formula is C15H3K3Mn3N18O3-18. The summed E-state index contributed by atoms with van der Waals surface area (Å²) >= 11 is 0. The van der Waals surface area contributed by atoms with E-state index in [4.69, 9.17) is 209 Å². The van der Waals surface area contributed by atoms with Crippen LogP contribution in [0.3, 0.4) is 0 Å². The summed E-state index contributed by atoms with van der Waals surface area (Å²) in [4.78, 5) is 21.8. The molecule has 0 unspecified atom stereocenters. The third kappa shape index (κ3) is 8890. The third-order valence-corrected chi connectivity index (χ3v) is 0. The molecule has 27 heteroatoms. The summed E-state index contributed by atoms with van der Waals surface area (Å²) in [6.45, 7) is 71.2. The first-order chi connectivity index (χ1) is 18.0. The monoisotopic (exact) mass is 765 g/mol.